The van der Waals surface area contributed by atoms with Gasteiger partial charge in [0, 0.05) is 11.9 Å². The third kappa shape index (κ3) is 1.42. The Morgan fingerprint density at radius 2 is 2.31 bits per heavy atom. The first kappa shape index (κ1) is 8.26. The quantitative estimate of drug-likeness (QED) is 0.724. The topological polar surface area (TPSA) is 54.7 Å². The number of nitrogens with two attached hydrogens (primary N) is 1. The van der Waals surface area contributed by atoms with Gasteiger partial charge in [-0.15, -0.1) is 0 Å². The highest BCUT2D eigenvalue weighted by atomic mass is 14.8. The van der Waals surface area contributed by atoms with E-state index in [4.69, 9.17) is 5.73 Å². The molecule has 0 fully saturated rings. The van der Waals surface area contributed by atoms with Crippen molar-refractivity contribution < 1.29 is 0 Å². The zero-order valence-corrected chi connectivity index (χ0v) is 7.67. The van der Waals surface area contributed by atoms with Crippen molar-refractivity contribution >= 4 is 11.0 Å². The largest absolute Gasteiger partial charge is 0.360 e. The molecule has 0 aliphatic rings. The van der Waals surface area contributed by atoms with E-state index in [9.17, 15) is 0 Å². The number of aryl methyl sites for hydroxylation is 1. The van der Waals surface area contributed by atoms with Crippen molar-refractivity contribution in [1.82, 2.24) is 9.97 Å². The number of pyridine rings is 1. The summed E-state index contributed by atoms with van der Waals surface area (Å²) in [6.45, 7) is 2.67. The number of H-pyrrole nitrogens is 1. The van der Waals surface area contributed by atoms with Gasteiger partial charge < -0.3 is 10.7 Å². The molecule has 3 heteroatoms. The van der Waals surface area contributed by atoms with Gasteiger partial charge in [-0.05, 0) is 37.6 Å². The van der Waals surface area contributed by atoms with E-state index in [1.54, 1.807) is 0 Å². The normalized spacial score (nSPS) is 10.9. The highest BCUT2D eigenvalue weighted by Crippen LogP contribution is 2.16. The Kier molecular flexibility index (Phi) is 2.02. The lowest BCUT2D eigenvalue weighted by Crippen LogP contribution is -2.02. The van der Waals surface area contributed by atoms with Gasteiger partial charge in [0.2, 0.25) is 0 Å². The van der Waals surface area contributed by atoms with Gasteiger partial charge in [-0.1, -0.05) is 0 Å². The molecule has 13 heavy (non-hydrogen) atoms. The standard InChI is InChI=1S/C10H13N3/c1-7-2-3-9-10(13-7)8(4-5-11)6-12-9/h2-3,6,12H,4-5,11H2,1H3. The molecule has 0 atom stereocenters. The van der Waals surface area contributed by atoms with E-state index >= 15 is 0 Å². The second-order valence-corrected chi connectivity index (χ2v) is 3.20. The van der Waals surface area contributed by atoms with Crippen molar-refractivity contribution in [3.8, 4) is 0 Å². The van der Waals surface area contributed by atoms with E-state index in [0.29, 0.717) is 6.54 Å². The van der Waals surface area contributed by atoms with Crippen LogP contribution in [0, 0.1) is 6.92 Å². The molecule has 0 saturated carbocycles. The minimum Gasteiger partial charge on any atom is -0.360 e. The highest BCUT2D eigenvalue weighted by molar-refractivity contribution is 5.78. The van der Waals surface area contributed by atoms with Crippen LogP contribution in [0.2, 0.25) is 0 Å². The molecule has 0 unspecified atom stereocenters. The van der Waals surface area contributed by atoms with Gasteiger partial charge in [-0.2, -0.15) is 0 Å². The first-order chi connectivity index (χ1) is 6.31. The van der Waals surface area contributed by atoms with Crippen molar-refractivity contribution in [3.63, 3.8) is 0 Å². The molecule has 2 aromatic heterocycles. The van der Waals surface area contributed by atoms with Crippen LogP contribution < -0.4 is 5.73 Å². The molecule has 0 radical (unpaired) electrons. The van der Waals surface area contributed by atoms with Crippen LogP contribution >= 0.6 is 0 Å². The van der Waals surface area contributed by atoms with Crippen LogP contribution in [-0.2, 0) is 6.42 Å². The Balaban J connectivity index is 2.58. The predicted molar refractivity (Wildman–Crippen MR) is 53.6 cm³/mol. The summed E-state index contributed by atoms with van der Waals surface area (Å²) in [5.74, 6) is 0. The Bertz CT molecular complexity index is 417. The number of aromatic amines is 1. The van der Waals surface area contributed by atoms with E-state index < -0.39 is 0 Å². The van der Waals surface area contributed by atoms with Crippen molar-refractivity contribution in [2.45, 2.75) is 13.3 Å². The molecule has 0 aliphatic heterocycles. The molecule has 0 aliphatic carbocycles. The van der Waals surface area contributed by atoms with Crippen LogP contribution in [0.5, 0.6) is 0 Å². The predicted octanol–water partition coefficient (Wildman–Crippen LogP) is 1.37. The zero-order valence-electron chi connectivity index (χ0n) is 7.67. The lowest BCUT2D eigenvalue weighted by atomic mass is 10.2. The summed E-state index contributed by atoms with van der Waals surface area (Å²) in [4.78, 5) is 7.65. The summed E-state index contributed by atoms with van der Waals surface area (Å²) < 4.78 is 0. The second-order valence-electron chi connectivity index (χ2n) is 3.20. The van der Waals surface area contributed by atoms with Crippen LogP contribution in [0.15, 0.2) is 18.3 Å². The molecular formula is C10H13N3. The molecular weight excluding hydrogens is 162 g/mol. The monoisotopic (exact) mass is 175 g/mol. The molecule has 2 rings (SSSR count). The molecule has 3 nitrogen and oxygen atoms in total. The fourth-order valence-electron chi connectivity index (χ4n) is 1.50. The summed E-state index contributed by atoms with van der Waals surface area (Å²) >= 11 is 0. The van der Waals surface area contributed by atoms with Crippen LogP contribution in [0.25, 0.3) is 11.0 Å². The SMILES string of the molecule is Cc1ccc2[nH]cc(CCN)c2n1. The number of rotatable bonds is 2. The number of hydrogen-bond donors (Lipinski definition) is 2. The van der Waals surface area contributed by atoms with Gasteiger partial charge in [-0.3, -0.25) is 4.98 Å². The van der Waals surface area contributed by atoms with Gasteiger partial charge in [0.05, 0.1) is 11.0 Å². The van der Waals surface area contributed by atoms with E-state index in [1.807, 2.05) is 19.2 Å². The molecule has 3 N–H and O–H groups in total. The van der Waals surface area contributed by atoms with Gasteiger partial charge >= 0.3 is 0 Å². The number of hydrogen-bond acceptors (Lipinski definition) is 2. The Morgan fingerprint density at radius 3 is 3.08 bits per heavy atom. The van der Waals surface area contributed by atoms with Crippen molar-refractivity contribution in [2.24, 2.45) is 5.73 Å². The van der Waals surface area contributed by atoms with Gasteiger partial charge in [0.25, 0.3) is 0 Å². The van der Waals surface area contributed by atoms with Crippen LogP contribution in [0.4, 0.5) is 0 Å². The van der Waals surface area contributed by atoms with Crippen LogP contribution in [-0.4, -0.2) is 16.5 Å². The molecule has 0 saturated heterocycles. The lowest BCUT2D eigenvalue weighted by Gasteiger charge is -1.96. The maximum Gasteiger partial charge on any atom is 0.0914 e. The molecule has 0 spiro atoms. The highest BCUT2D eigenvalue weighted by Gasteiger charge is 2.03. The molecule has 0 aromatic carbocycles. The maximum absolute atomic E-state index is 5.51. The molecule has 2 aromatic rings. The van der Waals surface area contributed by atoms with Gasteiger partial charge in [-0.25, -0.2) is 0 Å². The summed E-state index contributed by atoms with van der Waals surface area (Å²) in [5.41, 5.74) is 9.92. The van der Waals surface area contributed by atoms with Crippen molar-refractivity contribution in [2.75, 3.05) is 6.54 Å². The number of fused-ring (bicyclic) bond motifs is 1. The summed E-state index contributed by atoms with van der Waals surface area (Å²) in [5, 5.41) is 0. The average molecular weight is 175 g/mol. The van der Waals surface area contributed by atoms with Gasteiger partial charge in [0.1, 0.15) is 0 Å². The summed E-state index contributed by atoms with van der Waals surface area (Å²) in [6.07, 6.45) is 2.88. The molecule has 2 heterocycles. The van der Waals surface area contributed by atoms with Crippen molar-refractivity contribution in [3.05, 3.63) is 29.6 Å². The van der Waals surface area contributed by atoms with E-state index in [2.05, 4.69) is 16.0 Å². The summed E-state index contributed by atoms with van der Waals surface area (Å²) in [6, 6.07) is 4.06. The Morgan fingerprint density at radius 1 is 1.46 bits per heavy atom. The average Bonchev–Trinajstić information content (AvgIpc) is 2.49. The number of aromatic nitrogens is 2. The Labute approximate surface area is 77.0 Å². The third-order valence-corrected chi connectivity index (χ3v) is 2.15. The fraction of sp³-hybridized carbons (Fsp3) is 0.300. The van der Waals surface area contributed by atoms with Crippen LogP contribution in [0.1, 0.15) is 11.3 Å². The van der Waals surface area contributed by atoms with E-state index in [1.165, 1.54) is 5.56 Å². The first-order valence-corrected chi connectivity index (χ1v) is 4.45. The summed E-state index contributed by atoms with van der Waals surface area (Å²) in [7, 11) is 0. The zero-order chi connectivity index (χ0) is 9.26. The fourth-order valence-corrected chi connectivity index (χ4v) is 1.50. The Hall–Kier alpha value is -1.35. The van der Waals surface area contributed by atoms with Crippen molar-refractivity contribution in [1.29, 1.82) is 0 Å². The second kappa shape index (κ2) is 3.18. The maximum atomic E-state index is 5.51. The number of nitrogens with one attached hydrogen (secondary N) is 1. The van der Waals surface area contributed by atoms with Gasteiger partial charge in [0.15, 0.2) is 0 Å². The minimum atomic E-state index is 0.669. The third-order valence-electron chi connectivity index (χ3n) is 2.15. The molecule has 0 bridgehead atoms. The minimum absolute atomic E-state index is 0.669. The first-order valence-electron chi connectivity index (χ1n) is 4.45. The number of nitrogens with zero attached hydrogens (tertiary/aromatic N) is 1. The van der Waals surface area contributed by atoms with E-state index in [-0.39, 0.29) is 0 Å². The van der Waals surface area contributed by atoms with Crippen LogP contribution in [0.3, 0.4) is 0 Å². The molecule has 68 valence electrons. The smallest absolute Gasteiger partial charge is 0.0914 e. The lowest BCUT2D eigenvalue weighted by molar-refractivity contribution is 0.972. The van der Waals surface area contributed by atoms with E-state index in [0.717, 1.165) is 23.1 Å². The molecule has 0 amide bonds.